The van der Waals surface area contributed by atoms with E-state index in [1.807, 2.05) is 43.3 Å². The molecule has 0 unspecified atom stereocenters. The summed E-state index contributed by atoms with van der Waals surface area (Å²) in [6.07, 6.45) is 5.72. The molecule has 0 aliphatic carbocycles. The predicted octanol–water partition coefficient (Wildman–Crippen LogP) is 6.20. The summed E-state index contributed by atoms with van der Waals surface area (Å²) in [7, 11) is 0. The molecule has 0 fully saturated rings. The Morgan fingerprint density at radius 1 is 0.857 bits per heavy atom. The maximum Gasteiger partial charge on any atom is 0.185 e. The van der Waals surface area contributed by atoms with Gasteiger partial charge in [0, 0.05) is 34.8 Å². The molecule has 0 aliphatic rings. The first-order valence-corrected chi connectivity index (χ1v) is 9.53. The Balaban J connectivity index is 1.64. The molecule has 0 N–H and O–H groups in total. The highest BCUT2D eigenvalue weighted by atomic mass is 16.1. The monoisotopic (exact) mass is 365 g/mol. The number of carbonyl (C=O) groups excluding carboxylic acids is 1. The third-order valence-corrected chi connectivity index (χ3v) is 5.04. The molecular formula is C26H23NO. The molecule has 0 amide bonds. The minimum atomic E-state index is 0.0235. The average Bonchev–Trinajstić information content (AvgIpc) is 3.06. The smallest absolute Gasteiger partial charge is 0.185 e. The summed E-state index contributed by atoms with van der Waals surface area (Å²) in [5.41, 5.74) is 6.62. The number of hydrogen-bond donors (Lipinski definition) is 0. The van der Waals surface area contributed by atoms with Crippen LogP contribution in [0, 0.1) is 13.8 Å². The van der Waals surface area contributed by atoms with E-state index < -0.39 is 0 Å². The Hall–Kier alpha value is -3.39. The molecule has 0 atom stereocenters. The molecule has 2 heteroatoms. The third kappa shape index (κ3) is 3.81. The van der Waals surface area contributed by atoms with Crippen LogP contribution in [-0.4, -0.2) is 10.4 Å². The van der Waals surface area contributed by atoms with Crippen molar-refractivity contribution in [3.05, 3.63) is 113 Å². The van der Waals surface area contributed by atoms with Crippen molar-refractivity contribution in [2.75, 3.05) is 0 Å². The van der Waals surface area contributed by atoms with E-state index in [0.29, 0.717) is 5.56 Å². The van der Waals surface area contributed by atoms with Crippen molar-refractivity contribution in [3.8, 4) is 0 Å². The summed E-state index contributed by atoms with van der Waals surface area (Å²) in [6, 6.07) is 24.6. The highest BCUT2D eigenvalue weighted by Gasteiger charge is 2.08. The van der Waals surface area contributed by atoms with Gasteiger partial charge >= 0.3 is 0 Å². The molecule has 0 saturated carbocycles. The number of rotatable bonds is 5. The average molecular weight is 365 g/mol. The summed E-state index contributed by atoms with van der Waals surface area (Å²) in [6.45, 7) is 4.93. The van der Waals surface area contributed by atoms with Crippen LogP contribution in [0.2, 0.25) is 0 Å². The van der Waals surface area contributed by atoms with Crippen molar-refractivity contribution >= 4 is 22.8 Å². The van der Waals surface area contributed by atoms with E-state index in [9.17, 15) is 4.79 Å². The van der Waals surface area contributed by atoms with E-state index in [1.165, 1.54) is 16.6 Å². The van der Waals surface area contributed by atoms with Gasteiger partial charge in [-0.15, -0.1) is 0 Å². The Morgan fingerprint density at radius 3 is 2.21 bits per heavy atom. The van der Waals surface area contributed by atoms with Crippen LogP contribution in [-0.2, 0) is 6.54 Å². The summed E-state index contributed by atoms with van der Waals surface area (Å²) in [5, 5.41) is 1.16. The van der Waals surface area contributed by atoms with Crippen LogP contribution in [0.25, 0.3) is 17.0 Å². The van der Waals surface area contributed by atoms with Gasteiger partial charge in [0.25, 0.3) is 0 Å². The van der Waals surface area contributed by atoms with E-state index >= 15 is 0 Å². The number of fused-ring (bicyclic) bond motifs is 1. The highest BCUT2D eigenvalue weighted by Crippen LogP contribution is 2.24. The van der Waals surface area contributed by atoms with E-state index in [4.69, 9.17) is 0 Å². The topological polar surface area (TPSA) is 22.0 Å². The van der Waals surface area contributed by atoms with Gasteiger partial charge in [-0.1, -0.05) is 77.9 Å². The van der Waals surface area contributed by atoms with Gasteiger partial charge in [-0.3, -0.25) is 4.79 Å². The van der Waals surface area contributed by atoms with Crippen LogP contribution in [0.4, 0.5) is 0 Å². The van der Waals surface area contributed by atoms with Crippen LogP contribution in [0.1, 0.15) is 32.6 Å². The molecule has 0 aliphatic heterocycles. The van der Waals surface area contributed by atoms with E-state index in [-0.39, 0.29) is 5.78 Å². The minimum absolute atomic E-state index is 0.0235. The fourth-order valence-electron chi connectivity index (χ4n) is 3.41. The maximum atomic E-state index is 12.5. The zero-order chi connectivity index (χ0) is 19.5. The number of nitrogens with zero attached hydrogens (tertiary/aromatic N) is 1. The first-order chi connectivity index (χ1) is 13.6. The lowest BCUT2D eigenvalue weighted by molar-refractivity contribution is 0.104. The molecule has 4 aromatic rings. The first-order valence-electron chi connectivity index (χ1n) is 9.53. The van der Waals surface area contributed by atoms with Crippen LogP contribution in [0.3, 0.4) is 0 Å². The van der Waals surface area contributed by atoms with Gasteiger partial charge in [0.05, 0.1) is 0 Å². The molecule has 0 spiro atoms. The van der Waals surface area contributed by atoms with Crippen LogP contribution < -0.4 is 0 Å². The largest absolute Gasteiger partial charge is 0.342 e. The second kappa shape index (κ2) is 7.69. The summed E-state index contributed by atoms with van der Waals surface area (Å²) in [4.78, 5) is 12.5. The lowest BCUT2D eigenvalue weighted by atomic mass is 10.1. The number of allylic oxidation sites excluding steroid dienone is 1. The molecule has 28 heavy (non-hydrogen) atoms. The van der Waals surface area contributed by atoms with Crippen molar-refractivity contribution < 1.29 is 4.79 Å². The molecule has 0 radical (unpaired) electrons. The number of aryl methyl sites for hydroxylation is 2. The quantitative estimate of drug-likeness (QED) is 0.305. The van der Waals surface area contributed by atoms with Crippen molar-refractivity contribution in [1.29, 1.82) is 0 Å². The molecular weight excluding hydrogens is 342 g/mol. The fourth-order valence-corrected chi connectivity index (χ4v) is 3.41. The number of para-hydroxylation sites is 1. The van der Waals surface area contributed by atoms with Crippen molar-refractivity contribution in [3.63, 3.8) is 0 Å². The predicted molar refractivity (Wildman–Crippen MR) is 117 cm³/mol. The molecule has 0 bridgehead atoms. The molecule has 3 aromatic carbocycles. The van der Waals surface area contributed by atoms with Crippen molar-refractivity contribution in [2.45, 2.75) is 20.4 Å². The lowest BCUT2D eigenvalue weighted by Crippen LogP contribution is -1.97. The molecule has 0 saturated heterocycles. The Kier molecular flexibility index (Phi) is 4.94. The number of hydrogen-bond acceptors (Lipinski definition) is 1. The standard InChI is InChI=1S/C26H23NO/c1-19-7-11-21(12-8-19)17-27-18-23(24-5-3-4-6-25(24)27)15-16-26(28)22-13-9-20(2)10-14-22/h3-16,18H,17H2,1-2H3/b16-15+. The second-order valence-electron chi connectivity index (χ2n) is 7.28. The van der Waals surface area contributed by atoms with E-state index in [1.54, 1.807) is 6.08 Å². The maximum absolute atomic E-state index is 12.5. The summed E-state index contributed by atoms with van der Waals surface area (Å²) >= 11 is 0. The van der Waals surface area contributed by atoms with Gasteiger partial charge in [0.15, 0.2) is 5.78 Å². The molecule has 2 nitrogen and oxygen atoms in total. The second-order valence-corrected chi connectivity index (χ2v) is 7.28. The van der Waals surface area contributed by atoms with Gasteiger partial charge in [-0.2, -0.15) is 0 Å². The number of carbonyl (C=O) groups is 1. The van der Waals surface area contributed by atoms with Crippen LogP contribution in [0.5, 0.6) is 0 Å². The van der Waals surface area contributed by atoms with Gasteiger partial charge < -0.3 is 4.57 Å². The van der Waals surface area contributed by atoms with E-state index in [2.05, 4.69) is 60.2 Å². The number of aromatic nitrogens is 1. The number of benzene rings is 3. The normalized spacial score (nSPS) is 11.4. The van der Waals surface area contributed by atoms with Crippen LogP contribution >= 0.6 is 0 Å². The van der Waals surface area contributed by atoms with Gasteiger partial charge in [0.1, 0.15) is 0 Å². The number of ketones is 1. The first kappa shape index (κ1) is 18.0. The highest BCUT2D eigenvalue weighted by molar-refractivity contribution is 6.07. The summed E-state index contributed by atoms with van der Waals surface area (Å²) in [5.74, 6) is 0.0235. The Labute approximate surface area is 165 Å². The molecule has 138 valence electrons. The van der Waals surface area contributed by atoms with Gasteiger partial charge in [-0.25, -0.2) is 0 Å². The zero-order valence-corrected chi connectivity index (χ0v) is 16.2. The Bertz CT molecular complexity index is 1150. The van der Waals surface area contributed by atoms with Gasteiger partial charge in [0.2, 0.25) is 0 Å². The summed E-state index contributed by atoms with van der Waals surface area (Å²) < 4.78 is 2.25. The van der Waals surface area contributed by atoms with Crippen molar-refractivity contribution in [1.82, 2.24) is 4.57 Å². The third-order valence-electron chi connectivity index (χ3n) is 5.04. The molecule has 1 aromatic heterocycles. The SMILES string of the molecule is Cc1ccc(Cn2cc(/C=C/C(=O)c3ccc(C)cc3)c3ccccc32)cc1. The van der Waals surface area contributed by atoms with Gasteiger partial charge in [-0.05, 0) is 37.6 Å². The lowest BCUT2D eigenvalue weighted by Gasteiger charge is -2.06. The van der Waals surface area contributed by atoms with Crippen molar-refractivity contribution in [2.24, 2.45) is 0 Å². The Morgan fingerprint density at radius 2 is 1.50 bits per heavy atom. The minimum Gasteiger partial charge on any atom is -0.342 e. The van der Waals surface area contributed by atoms with E-state index in [0.717, 1.165) is 23.1 Å². The fraction of sp³-hybridized carbons (Fsp3) is 0.115. The van der Waals surface area contributed by atoms with Crippen LogP contribution in [0.15, 0.2) is 85.1 Å². The zero-order valence-electron chi connectivity index (χ0n) is 16.2. The molecule has 4 rings (SSSR count). The molecule has 1 heterocycles.